The Morgan fingerprint density at radius 2 is 2.25 bits per heavy atom. The number of halogens is 2. The molecule has 3 N–H and O–H groups in total. The topological polar surface area (TPSA) is 61.4 Å². The zero-order valence-electron chi connectivity index (χ0n) is 10.3. The van der Waals surface area contributed by atoms with Crippen LogP contribution in [-0.2, 0) is 0 Å². The maximum absolute atomic E-state index is 13.2. The Balaban J connectivity index is 1.85. The van der Waals surface area contributed by atoms with E-state index < -0.39 is 18.0 Å². The highest BCUT2D eigenvalue weighted by Gasteiger charge is 2.10. The lowest BCUT2D eigenvalue weighted by molar-refractivity contribution is 0.178. The molecule has 0 aliphatic carbocycles. The van der Waals surface area contributed by atoms with Gasteiger partial charge >= 0.3 is 6.03 Å². The van der Waals surface area contributed by atoms with Crippen LogP contribution in [0.5, 0.6) is 0 Å². The van der Waals surface area contributed by atoms with Gasteiger partial charge in [0.2, 0.25) is 0 Å². The number of carbonyl (C=O) groups is 1. The van der Waals surface area contributed by atoms with Crippen LogP contribution in [0, 0.1) is 5.82 Å². The van der Waals surface area contributed by atoms with Gasteiger partial charge in [-0.15, -0.1) is 11.3 Å². The maximum Gasteiger partial charge on any atom is 0.319 e. The second-order valence-electron chi connectivity index (χ2n) is 4.00. The van der Waals surface area contributed by atoms with Gasteiger partial charge in [-0.3, -0.25) is 0 Å². The maximum atomic E-state index is 13.2. The van der Waals surface area contributed by atoms with Crippen LogP contribution in [0.3, 0.4) is 0 Å². The lowest BCUT2D eigenvalue weighted by Crippen LogP contribution is -2.32. The van der Waals surface area contributed by atoms with E-state index in [0.29, 0.717) is 0 Å². The summed E-state index contributed by atoms with van der Waals surface area (Å²) in [4.78, 5) is 12.4. The standard InChI is InChI=1S/C13H12ClFN2O2S/c14-9-4-3-8(6-10(9)15)17-13(19)16-7-11(18)12-2-1-5-20-12/h1-6,11,18H,7H2,(H2,16,17,19). The molecule has 1 aromatic carbocycles. The van der Waals surface area contributed by atoms with Gasteiger partial charge in [0, 0.05) is 10.6 Å². The Bertz CT molecular complexity index is 592. The van der Waals surface area contributed by atoms with Crippen LogP contribution < -0.4 is 10.6 Å². The highest BCUT2D eigenvalue weighted by molar-refractivity contribution is 7.10. The first kappa shape index (κ1) is 14.8. The van der Waals surface area contributed by atoms with Gasteiger partial charge in [0.05, 0.1) is 11.6 Å². The fourth-order valence-electron chi connectivity index (χ4n) is 1.52. The van der Waals surface area contributed by atoms with Crippen molar-refractivity contribution in [1.82, 2.24) is 5.32 Å². The molecule has 106 valence electrons. The first-order chi connectivity index (χ1) is 9.56. The Morgan fingerprint density at radius 1 is 1.45 bits per heavy atom. The van der Waals surface area contributed by atoms with Crippen molar-refractivity contribution in [3.8, 4) is 0 Å². The number of urea groups is 1. The predicted octanol–water partition coefficient (Wildman–Crippen LogP) is 3.40. The number of hydrogen-bond acceptors (Lipinski definition) is 3. The summed E-state index contributed by atoms with van der Waals surface area (Å²) < 4.78 is 13.2. The van der Waals surface area contributed by atoms with Crippen molar-refractivity contribution in [3.05, 3.63) is 51.4 Å². The van der Waals surface area contributed by atoms with E-state index in [1.54, 1.807) is 6.07 Å². The van der Waals surface area contributed by atoms with Gasteiger partial charge in [0.25, 0.3) is 0 Å². The molecule has 0 fully saturated rings. The van der Waals surface area contributed by atoms with E-state index in [-0.39, 0.29) is 17.3 Å². The SMILES string of the molecule is O=C(NCC(O)c1cccs1)Nc1ccc(Cl)c(F)c1. The molecular weight excluding hydrogens is 303 g/mol. The minimum atomic E-state index is -0.761. The number of carbonyl (C=O) groups excluding carboxylic acids is 1. The molecule has 7 heteroatoms. The minimum absolute atomic E-state index is 0.0101. The molecule has 0 saturated carbocycles. The Morgan fingerprint density at radius 3 is 2.90 bits per heavy atom. The number of amides is 2. The zero-order chi connectivity index (χ0) is 14.5. The van der Waals surface area contributed by atoms with E-state index in [4.69, 9.17) is 11.6 Å². The van der Waals surface area contributed by atoms with Crippen molar-refractivity contribution in [1.29, 1.82) is 0 Å². The highest BCUT2D eigenvalue weighted by atomic mass is 35.5. The average molecular weight is 315 g/mol. The highest BCUT2D eigenvalue weighted by Crippen LogP contribution is 2.19. The molecular formula is C13H12ClFN2O2S. The molecule has 2 aromatic rings. The Kier molecular flexibility index (Phi) is 4.94. The number of hydrogen-bond donors (Lipinski definition) is 3. The van der Waals surface area contributed by atoms with Crippen molar-refractivity contribution in [2.75, 3.05) is 11.9 Å². The lowest BCUT2D eigenvalue weighted by atomic mass is 10.3. The zero-order valence-corrected chi connectivity index (χ0v) is 11.8. The van der Waals surface area contributed by atoms with Gasteiger partial charge < -0.3 is 15.7 Å². The van der Waals surface area contributed by atoms with Crippen LogP contribution in [0.1, 0.15) is 11.0 Å². The van der Waals surface area contributed by atoms with E-state index in [1.807, 2.05) is 11.4 Å². The summed E-state index contributed by atoms with van der Waals surface area (Å²) in [7, 11) is 0. The van der Waals surface area contributed by atoms with Gasteiger partial charge in [0.1, 0.15) is 11.9 Å². The van der Waals surface area contributed by atoms with Crippen molar-refractivity contribution in [3.63, 3.8) is 0 Å². The molecule has 1 atom stereocenters. The smallest absolute Gasteiger partial charge is 0.319 e. The van der Waals surface area contributed by atoms with Crippen LogP contribution in [0.4, 0.5) is 14.9 Å². The first-order valence-corrected chi connectivity index (χ1v) is 7.03. The fraction of sp³-hybridized carbons (Fsp3) is 0.154. The Labute approximate surface area is 124 Å². The third-order valence-corrected chi connectivity index (χ3v) is 3.79. The van der Waals surface area contributed by atoms with Crippen LogP contribution in [0.25, 0.3) is 0 Å². The monoisotopic (exact) mass is 314 g/mol. The van der Waals surface area contributed by atoms with Crippen molar-refractivity contribution >= 4 is 34.7 Å². The molecule has 1 heterocycles. The molecule has 2 rings (SSSR count). The summed E-state index contributed by atoms with van der Waals surface area (Å²) in [6.07, 6.45) is -0.761. The van der Waals surface area contributed by atoms with E-state index in [1.165, 1.54) is 23.5 Å². The summed E-state index contributed by atoms with van der Waals surface area (Å²) in [5.41, 5.74) is 0.287. The summed E-state index contributed by atoms with van der Waals surface area (Å²) in [6.45, 7) is 0.0718. The largest absolute Gasteiger partial charge is 0.386 e. The molecule has 2 amide bonds. The predicted molar refractivity (Wildman–Crippen MR) is 77.7 cm³/mol. The number of rotatable bonds is 4. The number of benzene rings is 1. The molecule has 0 radical (unpaired) electrons. The number of nitrogens with one attached hydrogen (secondary N) is 2. The van der Waals surface area contributed by atoms with Gasteiger partial charge in [-0.1, -0.05) is 17.7 Å². The van der Waals surface area contributed by atoms with Gasteiger partial charge in [-0.2, -0.15) is 0 Å². The summed E-state index contributed by atoms with van der Waals surface area (Å²) in [6, 6.07) is 7.04. The van der Waals surface area contributed by atoms with Crippen LogP contribution >= 0.6 is 22.9 Å². The van der Waals surface area contributed by atoms with Gasteiger partial charge in [0.15, 0.2) is 0 Å². The van der Waals surface area contributed by atoms with Crippen LogP contribution in [0.2, 0.25) is 5.02 Å². The summed E-state index contributed by atoms with van der Waals surface area (Å²) >= 11 is 6.95. The van der Waals surface area contributed by atoms with E-state index in [2.05, 4.69) is 10.6 Å². The van der Waals surface area contributed by atoms with Gasteiger partial charge in [-0.05, 0) is 29.6 Å². The third-order valence-electron chi connectivity index (χ3n) is 2.51. The molecule has 1 aromatic heterocycles. The van der Waals surface area contributed by atoms with Crippen LogP contribution in [0.15, 0.2) is 35.7 Å². The van der Waals surface area contributed by atoms with Crippen molar-refractivity contribution in [2.45, 2.75) is 6.10 Å². The average Bonchev–Trinajstić information content (AvgIpc) is 2.94. The van der Waals surface area contributed by atoms with E-state index >= 15 is 0 Å². The van der Waals surface area contributed by atoms with Gasteiger partial charge in [-0.25, -0.2) is 9.18 Å². The lowest BCUT2D eigenvalue weighted by Gasteiger charge is -2.11. The number of aliphatic hydroxyl groups excluding tert-OH is 1. The molecule has 0 aliphatic heterocycles. The molecule has 0 spiro atoms. The minimum Gasteiger partial charge on any atom is -0.386 e. The van der Waals surface area contributed by atoms with Crippen molar-refractivity contribution in [2.24, 2.45) is 0 Å². The summed E-state index contributed by atoms with van der Waals surface area (Å²) in [5.74, 6) is -0.608. The molecule has 4 nitrogen and oxygen atoms in total. The molecule has 1 unspecified atom stereocenters. The van der Waals surface area contributed by atoms with E-state index in [0.717, 1.165) is 10.9 Å². The normalized spacial score (nSPS) is 11.9. The quantitative estimate of drug-likeness (QED) is 0.810. The molecule has 0 aliphatic rings. The number of thiophene rings is 1. The van der Waals surface area contributed by atoms with Crippen molar-refractivity contribution < 1.29 is 14.3 Å². The third kappa shape index (κ3) is 3.93. The first-order valence-electron chi connectivity index (χ1n) is 5.77. The Hall–Kier alpha value is -1.63. The summed E-state index contributed by atoms with van der Waals surface area (Å²) in [5, 5.41) is 16.6. The second-order valence-corrected chi connectivity index (χ2v) is 5.38. The molecule has 20 heavy (non-hydrogen) atoms. The molecule has 0 saturated heterocycles. The van der Waals surface area contributed by atoms with Crippen LogP contribution in [-0.4, -0.2) is 17.7 Å². The molecule has 0 bridgehead atoms. The fourth-order valence-corrected chi connectivity index (χ4v) is 2.35. The van der Waals surface area contributed by atoms with E-state index in [9.17, 15) is 14.3 Å². The number of anilines is 1. The second kappa shape index (κ2) is 6.69. The number of aliphatic hydroxyl groups is 1.